The number of allylic oxidation sites excluding steroid dienone is 1. The second kappa shape index (κ2) is 8.87. The van der Waals surface area contributed by atoms with Crippen LogP contribution < -0.4 is 4.18 Å². The summed E-state index contributed by atoms with van der Waals surface area (Å²) in [7, 11) is -5.97. The number of ketones is 1. The van der Waals surface area contributed by atoms with E-state index in [4.69, 9.17) is 5.11 Å². The molecule has 12 heteroatoms. The number of hydrogen-bond donors (Lipinski definition) is 1. The highest BCUT2D eigenvalue weighted by atomic mass is 32.2. The van der Waals surface area contributed by atoms with E-state index in [0.717, 1.165) is 18.2 Å². The molecule has 1 aromatic carbocycles. The molecule has 0 aliphatic carbocycles. The normalized spacial score (nSPS) is 12.7. The first-order chi connectivity index (χ1) is 12.9. The number of rotatable bonds is 9. The summed E-state index contributed by atoms with van der Waals surface area (Å²) in [6.07, 6.45) is 0.998. The van der Waals surface area contributed by atoms with Crippen molar-refractivity contribution in [2.75, 3.05) is 6.61 Å². The van der Waals surface area contributed by atoms with Crippen molar-refractivity contribution in [1.29, 1.82) is 0 Å². The Bertz CT molecular complexity index is 890. The Morgan fingerprint density at radius 2 is 1.89 bits per heavy atom. The summed E-state index contributed by atoms with van der Waals surface area (Å²) in [6.45, 7) is 4.62. The monoisotopic (exact) mass is 424 g/mol. The van der Waals surface area contributed by atoms with Gasteiger partial charge in [0.05, 0.1) is 6.61 Å². The molecule has 0 saturated heterocycles. The third kappa shape index (κ3) is 5.31. The standard InChI is InChI=1S/C16H15F3O8S/c1-3-5-9-8-10(12(13(20)14(21)22)15(23)26-4-2)6-7-11(9)27-28(24,25)16(17,18)19/h3,6-8,12H,1,4-5H2,2H3,(H,21,22). The van der Waals surface area contributed by atoms with Gasteiger partial charge in [0.25, 0.3) is 5.78 Å². The zero-order valence-electron chi connectivity index (χ0n) is 14.4. The smallest absolute Gasteiger partial charge is 0.475 e. The Balaban J connectivity index is 3.47. The number of ether oxygens (including phenoxy) is 1. The van der Waals surface area contributed by atoms with Crippen LogP contribution in [0.25, 0.3) is 0 Å². The van der Waals surface area contributed by atoms with Crippen LogP contribution in [-0.2, 0) is 35.7 Å². The zero-order chi connectivity index (χ0) is 21.7. The second-order valence-electron chi connectivity index (χ2n) is 5.20. The van der Waals surface area contributed by atoms with Gasteiger partial charge in [-0.2, -0.15) is 21.6 Å². The number of Topliss-reactive ketones (excluding diaryl/α,β-unsaturated/α-hetero) is 1. The fourth-order valence-corrected chi connectivity index (χ4v) is 2.58. The van der Waals surface area contributed by atoms with E-state index in [1.54, 1.807) is 0 Å². The van der Waals surface area contributed by atoms with E-state index in [0.29, 0.717) is 0 Å². The summed E-state index contributed by atoms with van der Waals surface area (Å²) in [5.41, 5.74) is -6.07. The van der Waals surface area contributed by atoms with Gasteiger partial charge < -0.3 is 14.0 Å². The molecule has 0 aromatic heterocycles. The van der Waals surface area contributed by atoms with Gasteiger partial charge in [-0.05, 0) is 30.5 Å². The quantitative estimate of drug-likeness (QED) is 0.159. The molecule has 0 aliphatic heterocycles. The van der Waals surface area contributed by atoms with E-state index in [1.165, 1.54) is 13.0 Å². The molecule has 0 bridgehead atoms. The first-order valence-electron chi connectivity index (χ1n) is 7.54. The molecule has 1 rings (SSSR count). The highest BCUT2D eigenvalue weighted by Crippen LogP contribution is 2.32. The maximum Gasteiger partial charge on any atom is 0.534 e. The molecule has 1 N–H and O–H groups in total. The molecule has 1 unspecified atom stereocenters. The van der Waals surface area contributed by atoms with Gasteiger partial charge in [-0.15, -0.1) is 6.58 Å². The van der Waals surface area contributed by atoms with Crippen LogP contribution in [0.2, 0.25) is 0 Å². The SMILES string of the molecule is C=CCc1cc(C(C(=O)OCC)C(=O)C(=O)O)ccc1OS(=O)(=O)C(F)(F)F. The molecular formula is C16H15F3O8S. The van der Waals surface area contributed by atoms with Gasteiger partial charge in [0.1, 0.15) is 5.75 Å². The summed E-state index contributed by atoms with van der Waals surface area (Å²) in [5.74, 6) is -7.25. The summed E-state index contributed by atoms with van der Waals surface area (Å²) >= 11 is 0. The Morgan fingerprint density at radius 3 is 2.36 bits per heavy atom. The summed E-state index contributed by atoms with van der Waals surface area (Å²) in [5, 5.41) is 8.90. The molecule has 154 valence electrons. The Labute approximate surface area is 157 Å². The van der Waals surface area contributed by atoms with Gasteiger partial charge in [0, 0.05) is 0 Å². The lowest BCUT2D eigenvalue weighted by atomic mass is 9.92. The number of alkyl halides is 3. The summed E-state index contributed by atoms with van der Waals surface area (Å²) < 4.78 is 68.7. The van der Waals surface area contributed by atoms with Crippen LogP contribution in [0.3, 0.4) is 0 Å². The van der Waals surface area contributed by atoms with Gasteiger partial charge in [-0.1, -0.05) is 18.2 Å². The van der Waals surface area contributed by atoms with Crippen LogP contribution in [0.1, 0.15) is 24.0 Å². The van der Waals surface area contributed by atoms with Crippen molar-refractivity contribution >= 4 is 27.8 Å². The van der Waals surface area contributed by atoms with Crippen molar-refractivity contribution in [3.63, 3.8) is 0 Å². The number of carboxylic acid groups (broad SMARTS) is 1. The lowest BCUT2D eigenvalue weighted by Crippen LogP contribution is -2.30. The van der Waals surface area contributed by atoms with Crippen LogP contribution in [0, 0.1) is 0 Å². The zero-order valence-corrected chi connectivity index (χ0v) is 15.2. The minimum Gasteiger partial charge on any atom is -0.475 e. The number of benzene rings is 1. The molecule has 0 radical (unpaired) electrons. The van der Waals surface area contributed by atoms with E-state index in [9.17, 15) is 36.0 Å². The topological polar surface area (TPSA) is 124 Å². The molecule has 28 heavy (non-hydrogen) atoms. The maximum absolute atomic E-state index is 12.5. The van der Waals surface area contributed by atoms with E-state index < -0.39 is 45.0 Å². The lowest BCUT2D eigenvalue weighted by Gasteiger charge is -2.16. The minimum absolute atomic E-state index is 0.160. The van der Waals surface area contributed by atoms with Crippen molar-refractivity contribution in [3.05, 3.63) is 42.0 Å². The van der Waals surface area contributed by atoms with E-state index in [-0.39, 0.29) is 24.2 Å². The Hall–Kier alpha value is -2.89. The third-order valence-corrected chi connectivity index (χ3v) is 4.23. The number of carbonyl (C=O) groups excluding carboxylic acids is 2. The van der Waals surface area contributed by atoms with Crippen molar-refractivity contribution < 1.29 is 50.0 Å². The van der Waals surface area contributed by atoms with Crippen molar-refractivity contribution in [2.45, 2.75) is 24.8 Å². The number of carbonyl (C=O) groups is 3. The van der Waals surface area contributed by atoms with Crippen LogP contribution in [-0.4, -0.2) is 43.4 Å². The number of hydrogen-bond acceptors (Lipinski definition) is 7. The van der Waals surface area contributed by atoms with E-state index in [2.05, 4.69) is 15.5 Å². The van der Waals surface area contributed by atoms with E-state index >= 15 is 0 Å². The van der Waals surface area contributed by atoms with Crippen molar-refractivity contribution in [3.8, 4) is 5.75 Å². The van der Waals surface area contributed by atoms with Gasteiger partial charge >= 0.3 is 27.6 Å². The van der Waals surface area contributed by atoms with Crippen molar-refractivity contribution in [1.82, 2.24) is 0 Å². The van der Waals surface area contributed by atoms with Gasteiger partial charge in [0.2, 0.25) is 0 Å². The van der Waals surface area contributed by atoms with Crippen LogP contribution in [0.5, 0.6) is 5.75 Å². The number of aliphatic carboxylic acids is 1. The lowest BCUT2D eigenvalue weighted by molar-refractivity contribution is -0.156. The predicted octanol–water partition coefficient (Wildman–Crippen LogP) is 1.94. The van der Waals surface area contributed by atoms with Gasteiger partial charge in [0.15, 0.2) is 5.92 Å². The highest BCUT2D eigenvalue weighted by molar-refractivity contribution is 7.88. The average molecular weight is 424 g/mol. The highest BCUT2D eigenvalue weighted by Gasteiger charge is 2.48. The molecule has 0 fully saturated rings. The Kier molecular flexibility index (Phi) is 7.33. The molecule has 1 aromatic rings. The number of carboxylic acids is 1. The molecule has 0 spiro atoms. The molecular weight excluding hydrogens is 409 g/mol. The molecule has 0 amide bonds. The Morgan fingerprint density at radius 1 is 1.29 bits per heavy atom. The van der Waals surface area contributed by atoms with Gasteiger partial charge in [-0.25, -0.2) is 4.79 Å². The van der Waals surface area contributed by atoms with Gasteiger partial charge in [-0.3, -0.25) is 9.59 Å². The van der Waals surface area contributed by atoms with Crippen molar-refractivity contribution in [2.24, 2.45) is 0 Å². The number of esters is 1. The third-order valence-electron chi connectivity index (χ3n) is 3.26. The second-order valence-corrected chi connectivity index (χ2v) is 6.74. The summed E-state index contributed by atoms with van der Waals surface area (Å²) in [6, 6.07) is 2.65. The molecule has 1 atom stereocenters. The van der Waals surface area contributed by atoms with E-state index in [1.807, 2.05) is 0 Å². The predicted molar refractivity (Wildman–Crippen MR) is 88.0 cm³/mol. The molecule has 8 nitrogen and oxygen atoms in total. The maximum atomic E-state index is 12.5. The average Bonchev–Trinajstić information content (AvgIpc) is 2.56. The first-order valence-corrected chi connectivity index (χ1v) is 8.94. The molecule has 0 heterocycles. The fourth-order valence-electron chi connectivity index (χ4n) is 2.08. The van der Waals surface area contributed by atoms with Crippen LogP contribution in [0.15, 0.2) is 30.9 Å². The molecule has 0 aliphatic rings. The summed E-state index contributed by atoms with van der Waals surface area (Å²) in [4.78, 5) is 34.9. The largest absolute Gasteiger partial charge is 0.534 e. The number of halogens is 3. The fraction of sp³-hybridized carbons (Fsp3) is 0.312. The first kappa shape index (κ1) is 23.1. The van der Waals surface area contributed by atoms with Crippen LogP contribution in [0.4, 0.5) is 13.2 Å². The molecule has 0 saturated carbocycles. The minimum atomic E-state index is -5.97. The van der Waals surface area contributed by atoms with Crippen LogP contribution >= 0.6 is 0 Å².